The Morgan fingerprint density at radius 3 is 1.27 bits per heavy atom. The van der Waals surface area contributed by atoms with Gasteiger partial charge in [0.05, 0.1) is 22.1 Å². The van der Waals surface area contributed by atoms with Crippen LogP contribution in [-0.2, 0) is 22.4 Å². The smallest absolute Gasteiger partial charge is 0.481 e. The van der Waals surface area contributed by atoms with Gasteiger partial charge in [-0.05, 0) is 158 Å². The van der Waals surface area contributed by atoms with E-state index in [9.17, 15) is 35.9 Å². The number of carboxylic acid groups (broad SMARTS) is 2. The van der Waals surface area contributed by atoms with E-state index in [1.807, 2.05) is 36.4 Å². The van der Waals surface area contributed by atoms with Crippen molar-refractivity contribution in [1.82, 2.24) is 19.1 Å². The van der Waals surface area contributed by atoms with Crippen molar-refractivity contribution in [2.45, 2.75) is 131 Å². The van der Waals surface area contributed by atoms with Gasteiger partial charge in [0, 0.05) is 36.3 Å². The molecule has 4 aromatic carbocycles. The molecule has 0 radical (unpaired) electrons. The topological polar surface area (TPSA) is 153 Å². The maximum absolute atomic E-state index is 12.5. The number of imidazole rings is 2. The van der Waals surface area contributed by atoms with Crippen molar-refractivity contribution in [3.05, 3.63) is 96.1 Å². The van der Waals surface area contributed by atoms with Gasteiger partial charge < -0.3 is 39.5 Å². The van der Waals surface area contributed by atoms with E-state index in [-0.39, 0.29) is 47.3 Å². The molecule has 0 aliphatic heterocycles. The zero-order valence-electron chi connectivity index (χ0n) is 40.0. The summed E-state index contributed by atoms with van der Waals surface area (Å²) < 4.78 is 87.4. The zero-order valence-corrected chi connectivity index (χ0v) is 40.0. The minimum Gasteiger partial charge on any atom is -0.481 e. The summed E-state index contributed by atoms with van der Waals surface area (Å²) in [7, 11) is 0. The Morgan fingerprint density at radius 2 is 0.957 bits per heavy atom. The van der Waals surface area contributed by atoms with Gasteiger partial charge in [-0.3, -0.25) is 9.59 Å². The third-order valence-corrected chi connectivity index (χ3v) is 12.9. The molecule has 4 N–H and O–H groups in total. The van der Waals surface area contributed by atoms with Gasteiger partial charge >= 0.3 is 24.7 Å². The normalized spacial score (nSPS) is 20.1. The lowest BCUT2D eigenvalue weighted by Crippen LogP contribution is -2.29. The first-order valence-corrected chi connectivity index (χ1v) is 23.5. The number of nitrogens with one attached hydrogen (secondary N) is 2. The van der Waals surface area contributed by atoms with Crippen LogP contribution in [0.2, 0.25) is 0 Å². The Bertz CT molecular complexity index is 2590. The van der Waals surface area contributed by atoms with E-state index in [0.29, 0.717) is 47.9 Å². The Hall–Kier alpha value is -6.46. The zero-order chi connectivity index (χ0) is 50.8. The van der Waals surface area contributed by atoms with Crippen molar-refractivity contribution in [3.63, 3.8) is 0 Å². The van der Waals surface area contributed by atoms with Gasteiger partial charge in [0.25, 0.3) is 0 Å². The van der Waals surface area contributed by atoms with E-state index in [1.54, 1.807) is 0 Å². The molecule has 6 aromatic rings. The summed E-state index contributed by atoms with van der Waals surface area (Å²) in [6, 6.07) is 23.2. The molecular formula is C52H60F6N6O6. The molecule has 0 saturated heterocycles. The predicted octanol–water partition coefficient (Wildman–Crippen LogP) is 14.2. The summed E-state index contributed by atoms with van der Waals surface area (Å²) in [6.07, 6.45) is -2.39. The largest absolute Gasteiger partial charge is 0.573 e. The van der Waals surface area contributed by atoms with Gasteiger partial charge in [-0.15, -0.1) is 26.3 Å². The number of hydrogen-bond donors (Lipinski definition) is 4. The quantitative estimate of drug-likeness (QED) is 0.0776. The van der Waals surface area contributed by atoms with Crippen LogP contribution in [0, 0.1) is 22.7 Å². The average molecular weight is 979 g/mol. The molecule has 0 unspecified atom stereocenters. The molecule has 2 aliphatic rings. The number of aryl methyl sites for hydroxylation is 2. The Balaban J connectivity index is 0.000000206. The number of ether oxygens (including phenoxy) is 2. The third kappa shape index (κ3) is 13.9. The van der Waals surface area contributed by atoms with Crippen LogP contribution in [0.4, 0.5) is 49.6 Å². The number of aliphatic carboxylic acids is 2. The van der Waals surface area contributed by atoms with E-state index >= 15 is 0 Å². The molecule has 18 heteroatoms. The number of alkyl halides is 6. The highest BCUT2D eigenvalue weighted by Gasteiger charge is 2.37. The summed E-state index contributed by atoms with van der Waals surface area (Å²) >= 11 is 0. The fourth-order valence-corrected chi connectivity index (χ4v) is 10.7. The molecule has 0 amide bonds. The highest BCUT2D eigenvalue weighted by molar-refractivity contribution is 5.82. The van der Waals surface area contributed by atoms with Gasteiger partial charge in [-0.2, -0.15) is 0 Å². The Labute approximate surface area is 402 Å². The first-order chi connectivity index (χ1) is 32.8. The van der Waals surface area contributed by atoms with Gasteiger partial charge in [0.2, 0.25) is 11.9 Å². The van der Waals surface area contributed by atoms with Crippen LogP contribution in [0.1, 0.15) is 116 Å². The highest BCUT2D eigenvalue weighted by atomic mass is 19.4. The molecule has 2 aliphatic carbocycles. The fraction of sp³-hybridized carbons (Fsp3) is 0.462. The molecule has 2 aromatic heterocycles. The number of nitrogens with zero attached hydrogens (tertiary/aromatic N) is 4. The lowest BCUT2D eigenvalue weighted by Gasteiger charge is -2.40. The van der Waals surface area contributed by atoms with Crippen molar-refractivity contribution in [1.29, 1.82) is 0 Å². The first kappa shape index (κ1) is 51.4. The van der Waals surface area contributed by atoms with Gasteiger partial charge in [0.1, 0.15) is 11.5 Å². The minimum atomic E-state index is -4.74. The monoisotopic (exact) mass is 978 g/mol. The van der Waals surface area contributed by atoms with E-state index in [4.69, 9.17) is 20.2 Å². The minimum absolute atomic E-state index is 0.0397. The summed E-state index contributed by atoms with van der Waals surface area (Å²) in [5, 5.41) is 24.6. The predicted molar refractivity (Wildman–Crippen MR) is 256 cm³/mol. The lowest BCUT2D eigenvalue weighted by atomic mass is 9.70. The Morgan fingerprint density at radius 1 is 0.600 bits per heavy atom. The van der Waals surface area contributed by atoms with Gasteiger partial charge in [0.15, 0.2) is 0 Å². The van der Waals surface area contributed by atoms with Crippen LogP contribution in [-0.4, -0.2) is 54.0 Å². The van der Waals surface area contributed by atoms with Crippen molar-refractivity contribution < 1.29 is 55.6 Å². The first-order valence-electron chi connectivity index (χ1n) is 23.5. The number of aromatic nitrogens is 4. The maximum atomic E-state index is 12.5. The third-order valence-electron chi connectivity index (χ3n) is 12.9. The second-order valence-corrected chi connectivity index (χ2v) is 20.6. The molecule has 70 heavy (non-hydrogen) atoms. The van der Waals surface area contributed by atoms with Crippen molar-refractivity contribution in [3.8, 4) is 11.5 Å². The van der Waals surface area contributed by atoms with Crippen LogP contribution >= 0.6 is 0 Å². The molecule has 12 nitrogen and oxygen atoms in total. The highest BCUT2D eigenvalue weighted by Crippen LogP contribution is 2.48. The molecule has 2 fully saturated rings. The fourth-order valence-electron chi connectivity index (χ4n) is 10.7. The molecule has 2 heterocycles. The van der Waals surface area contributed by atoms with Crippen LogP contribution < -0.4 is 20.1 Å². The SMILES string of the molecule is C[C@@H]1C[C@H](n2c(Nc3ccc(OC(F)(F)F)cc3)nc3cc(CCC(=O)O)ccc32)CC(C)(C)C1.C[C@H]1C[C@@H](n2c(Nc3ccc(OC(F)(F)F)cc3)nc3cc(CCC(=O)O)ccc32)CC(C)(C)C1. The molecule has 0 spiro atoms. The van der Waals surface area contributed by atoms with E-state index in [0.717, 1.165) is 71.7 Å². The van der Waals surface area contributed by atoms with Gasteiger partial charge in [-0.1, -0.05) is 53.7 Å². The van der Waals surface area contributed by atoms with Crippen LogP contribution in [0.25, 0.3) is 22.1 Å². The molecular weight excluding hydrogens is 919 g/mol. The van der Waals surface area contributed by atoms with Crippen molar-refractivity contribution in [2.75, 3.05) is 10.6 Å². The Kier molecular flexibility index (Phi) is 15.0. The second-order valence-electron chi connectivity index (χ2n) is 20.6. The van der Waals surface area contributed by atoms with E-state index in [2.05, 4.69) is 70.8 Å². The van der Waals surface area contributed by atoms with E-state index in [1.165, 1.54) is 48.5 Å². The summed E-state index contributed by atoms with van der Waals surface area (Å²) in [6.45, 7) is 13.6. The summed E-state index contributed by atoms with van der Waals surface area (Å²) in [5.74, 6) is -0.0106. The van der Waals surface area contributed by atoms with E-state index < -0.39 is 24.7 Å². The number of hydrogen-bond acceptors (Lipinski definition) is 8. The summed E-state index contributed by atoms with van der Waals surface area (Å²) in [4.78, 5) is 31.6. The summed E-state index contributed by atoms with van der Waals surface area (Å²) in [5.41, 5.74) is 6.67. The number of carbonyl (C=O) groups is 2. The molecule has 0 bridgehead atoms. The number of benzene rings is 4. The number of anilines is 4. The number of rotatable bonds is 14. The number of fused-ring (bicyclic) bond motifs is 2. The van der Waals surface area contributed by atoms with Gasteiger partial charge in [-0.25, -0.2) is 9.97 Å². The molecule has 376 valence electrons. The van der Waals surface area contributed by atoms with Crippen molar-refractivity contribution in [2.24, 2.45) is 22.7 Å². The molecule has 2 saturated carbocycles. The average Bonchev–Trinajstić information content (AvgIpc) is 3.78. The van der Waals surface area contributed by atoms with Crippen LogP contribution in [0.15, 0.2) is 84.9 Å². The molecule has 8 rings (SSSR count). The van der Waals surface area contributed by atoms with Crippen LogP contribution in [0.5, 0.6) is 11.5 Å². The lowest BCUT2D eigenvalue weighted by molar-refractivity contribution is -0.275. The van der Waals surface area contributed by atoms with Crippen LogP contribution in [0.3, 0.4) is 0 Å². The number of halogens is 6. The second kappa shape index (κ2) is 20.5. The standard InChI is InChI=1S/2C26H30F3N3O3/c2*1-16-12-19(15-25(2,3)14-16)32-22-10-4-17(5-11-23(33)34)13-21(22)31-24(32)30-18-6-8-20(9-7-18)35-26(27,28)29/h2*4,6-10,13,16,19H,5,11-12,14-15H2,1-3H3,(H,30,31)(H,33,34)/t2*16-,19+/m10/s1. The van der Waals surface area contributed by atoms with Crippen molar-refractivity contribution >= 4 is 57.3 Å². The maximum Gasteiger partial charge on any atom is 0.573 e. The molecule has 4 atom stereocenters. The number of carboxylic acids is 2.